The molecule has 0 fully saturated rings. The lowest BCUT2D eigenvalue weighted by Gasteiger charge is -2.26. The van der Waals surface area contributed by atoms with Gasteiger partial charge in [-0.25, -0.2) is 0 Å². The zero-order valence-corrected chi connectivity index (χ0v) is 12.3. The van der Waals surface area contributed by atoms with E-state index in [2.05, 4.69) is 5.32 Å². The zero-order chi connectivity index (χ0) is 14.3. The molecule has 0 bridgehead atoms. The normalized spacial score (nSPS) is 12.5. The van der Waals surface area contributed by atoms with E-state index in [1.165, 1.54) is 0 Å². The smallest absolute Gasteiger partial charge is 0.220 e. The van der Waals surface area contributed by atoms with Crippen LogP contribution in [-0.4, -0.2) is 38.0 Å². The molecule has 106 valence electrons. The molecule has 3 N–H and O–H groups in total. The molecule has 0 spiro atoms. The van der Waals surface area contributed by atoms with Gasteiger partial charge in [-0.15, -0.1) is 0 Å². The van der Waals surface area contributed by atoms with Crippen molar-refractivity contribution in [2.75, 3.05) is 27.2 Å². The number of nitrogens with one attached hydrogen (secondary N) is 1. The number of carbonyl (C=O) groups is 1. The van der Waals surface area contributed by atoms with E-state index in [1.54, 1.807) is 0 Å². The molecule has 1 rings (SSSR count). The minimum absolute atomic E-state index is 0.0318. The Kier molecular flexibility index (Phi) is 6.84. The number of amides is 1. The third-order valence-corrected chi connectivity index (χ3v) is 3.33. The Morgan fingerprint density at radius 3 is 2.68 bits per heavy atom. The summed E-state index contributed by atoms with van der Waals surface area (Å²) in [5.74, 6) is 0.0318. The number of nitrogens with zero attached hydrogens (tertiary/aromatic N) is 1. The van der Waals surface area contributed by atoms with Crippen LogP contribution in [-0.2, 0) is 4.79 Å². The van der Waals surface area contributed by atoms with E-state index in [4.69, 9.17) is 17.3 Å². The van der Waals surface area contributed by atoms with Crippen molar-refractivity contribution < 1.29 is 4.79 Å². The Labute approximate surface area is 119 Å². The summed E-state index contributed by atoms with van der Waals surface area (Å²) >= 11 is 6.21. The molecule has 0 heterocycles. The van der Waals surface area contributed by atoms with Gasteiger partial charge in [0.15, 0.2) is 0 Å². The van der Waals surface area contributed by atoms with Crippen LogP contribution in [0.2, 0.25) is 5.02 Å². The standard InChI is InChI=1S/C14H22ClN3O/c1-18(2)13(10-17-14(19)8-5-9-16)11-6-3-4-7-12(11)15/h3-4,6-7,13H,5,8-10,16H2,1-2H3,(H,17,19). The van der Waals surface area contributed by atoms with Crippen LogP contribution in [0.1, 0.15) is 24.4 Å². The van der Waals surface area contributed by atoms with Gasteiger partial charge in [0, 0.05) is 18.0 Å². The minimum Gasteiger partial charge on any atom is -0.354 e. The summed E-state index contributed by atoms with van der Waals surface area (Å²) in [6.45, 7) is 1.08. The van der Waals surface area contributed by atoms with E-state index in [0.29, 0.717) is 25.9 Å². The Hall–Kier alpha value is -1.10. The molecule has 1 aromatic rings. The van der Waals surface area contributed by atoms with Crippen LogP contribution >= 0.6 is 11.6 Å². The van der Waals surface area contributed by atoms with Gasteiger partial charge in [0.2, 0.25) is 5.91 Å². The maximum absolute atomic E-state index is 11.6. The number of benzene rings is 1. The fourth-order valence-corrected chi connectivity index (χ4v) is 2.14. The van der Waals surface area contributed by atoms with Gasteiger partial charge in [-0.05, 0) is 38.7 Å². The summed E-state index contributed by atoms with van der Waals surface area (Å²) < 4.78 is 0. The van der Waals surface area contributed by atoms with Gasteiger partial charge in [-0.2, -0.15) is 0 Å². The van der Waals surface area contributed by atoms with Crippen molar-refractivity contribution >= 4 is 17.5 Å². The van der Waals surface area contributed by atoms with E-state index >= 15 is 0 Å². The largest absolute Gasteiger partial charge is 0.354 e. The Morgan fingerprint density at radius 1 is 1.42 bits per heavy atom. The first-order valence-corrected chi connectivity index (χ1v) is 6.81. The molecule has 1 amide bonds. The molecule has 0 saturated heterocycles. The molecule has 1 atom stereocenters. The third kappa shape index (κ3) is 5.19. The van der Waals surface area contributed by atoms with Crippen molar-refractivity contribution in [3.63, 3.8) is 0 Å². The van der Waals surface area contributed by atoms with Crippen molar-refractivity contribution in [1.29, 1.82) is 0 Å². The summed E-state index contributed by atoms with van der Waals surface area (Å²) in [6, 6.07) is 7.77. The second-order valence-corrected chi connectivity index (χ2v) is 5.10. The summed E-state index contributed by atoms with van der Waals surface area (Å²) in [4.78, 5) is 13.7. The number of nitrogens with two attached hydrogens (primary N) is 1. The lowest BCUT2D eigenvalue weighted by atomic mass is 10.1. The summed E-state index contributed by atoms with van der Waals surface area (Å²) in [7, 11) is 3.94. The van der Waals surface area contributed by atoms with Gasteiger partial charge in [0.25, 0.3) is 0 Å². The van der Waals surface area contributed by atoms with Gasteiger partial charge in [-0.3, -0.25) is 4.79 Å². The van der Waals surface area contributed by atoms with Gasteiger partial charge in [0.05, 0.1) is 6.04 Å². The fraction of sp³-hybridized carbons (Fsp3) is 0.500. The highest BCUT2D eigenvalue weighted by atomic mass is 35.5. The first-order valence-electron chi connectivity index (χ1n) is 6.44. The zero-order valence-electron chi connectivity index (χ0n) is 11.5. The molecule has 0 radical (unpaired) electrons. The predicted octanol–water partition coefficient (Wildman–Crippen LogP) is 1.80. The molecule has 0 aromatic heterocycles. The van der Waals surface area contributed by atoms with Gasteiger partial charge < -0.3 is 16.0 Å². The molecule has 1 unspecified atom stereocenters. The van der Waals surface area contributed by atoms with Gasteiger partial charge >= 0.3 is 0 Å². The van der Waals surface area contributed by atoms with Crippen LogP contribution in [0.4, 0.5) is 0 Å². The van der Waals surface area contributed by atoms with E-state index in [9.17, 15) is 4.79 Å². The molecular weight excluding hydrogens is 262 g/mol. The molecule has 19 heavy (non-hydrogen) atoms. The topological polar surface area (TPSA) is 58.4 Å². The van der Waals surface area contributed by atoms with Gasteiger partial charge in [0.1, 0.15) is 0 Å². The van der Waals surface area contributed by atoms with Crippen molar-refractivity contribution in [2.45, 2.75) is 18.9 Å². The first-order chi connectivity index (χ1) is 9.06. The maximum atomic E-state index is 11.6. The third-order valence-electron chi connectivity index (χ3n) is 2.99. The van der Waals surface area contributed by atoms with Crippen molar-refractivity contribution in [1.82, 2.24) is 10.2 Å². The summed E-state index contributed by atoms with van der Waals surface area (Å²) in [6.07, 6.45) is 1.18. The average Bonchev–Trinajstić information content (AvgIpc) is 2.38. The van der Waals surface area contributed by atoms with E-state index in [0.717, 1.165) is 10.6 Å². The average molecular weight is 284 g/mol. The summed E-state index contributed by atoms with van der Waals surface area (Å²) in [5, 5.41) is 3.65. The second-order valence-electron chi connectivity index (χ2n) is 4.70. The highest BCUT2D eigenvalue weighted by Gasteiger charge is 2.17. The monoisotopic (exact) mass is 283 g/mol. The lowest BCUT2D eigenvalue weighted by molar-refractivity contribution is -0.121. The minimum atomic E-state index is 0.0318. The first kappa shape index (κ1) is 16.0. The van der Waals surface area contributed by atoms with Crippen LogP contribution in [0.15, 0.2) is 24.3 Å². The van der Waals surface area contributed by atoms with Crippen molar-refractivity contribution in [2.24, 2.45) is 5.73 Å². The van der Waals surface area contributed by atoms with Crippen molar-refractivity contribution in [3.05, 3.63) is 34.9 Å². The molecule has 4 nitrogen and oxygen atoms in total. The Bertz CT molecular complexity index is 409. The van der Waals surface area contributed by atoms with E-state index < -0.39 is 0 Å². The second kappa shape index (κ2) is 8.15. The number of rotatable bonds is 7. The fourth-order valence-electron chi connectivity index (χ4n) is 1.88. The molecule has 5 heteroatoms. The molecular formula is C14H22ClN3O. The van der Waals surface area contributed by atoms with Crippen LogP contribution in [0, 0.1) is 0 Å². The molecule has 1 aromatic carbocycles. The van der Waals surface area contributed by atoms with Crippen molar-refractivity contribution in [3.8, 4) is 0 Å². The Balaban J connectivity index is 2.64. The number of carbonyl (C=O) groups excluding carboxylic acids is 1. The molecule has 0 saturated carbocycles. The highest BCUT2D eigenvalue weighted by molar-refractivity contribution is 6.31. The highest BCUT2D eigenvalue weighted by Crippen LogP contribution is 2.25. The van der Waals surface area contributed by atoms with Gasteiger partial charge in [-0.1, -0.05) is 29.8 Å². The predicted molar refractivity (Wildman–Crippen MR) is 79.2 cm³/mol. The molecule has 0 aliphatic rings. The number of likely N-dealkylation sites (N-methyl/N-ethyl adjacent to an activating group) is 1. The quantitative estimate of drug-likeness (QED) is 0.802. The lowest BCUT2D eigenvalue weighted by Crippen LogP contribution is -2.34. The summed E-state index contributed by atoms with van der Waals surface area (Å²) in [5.41, 5.74) is 6.41. The SMILES string of the molecule is CN(C)C(CNC(=O)CCCN)c1ccccc1Cl. The number of hydrogen-bond donors (Lipinski definition) is 2. The van der Waals surface area contributed by atoms with Crippen LogP contribution in [0.3, 0.4) is 0 Å². The number of hydrogen-bond acceptors (Lipinski definition) is 3. The number of halogens is 1. The van der Waals surface area contributed by atoms with E-state index in [-0.39, 0.29) is 11.9 Å². The van der Waals surface area contributed by atoms with Crippen LogP contribution < -0.4 is 11.1 Å². The Morgan fingerprint density at radius 2 is 2.11 bits per heavy atom. The molecule has 0 aliphatic heterocycles. The maximum Gasteiger partial charge on any atom is 0.220 e. The van der Waals surface area contributed by atoms with Crippen LogP contribution in [0.5, 0.6) is 0 Å². The molecule has 0 aliphatic carbocycles. The van der Waals surface area contributed by atoms with Crippen LogP contribution in [0.25, 0.3) is 0 Å². The van der Waals surface area contributed by atoms with E-state index in [1.807, 2.05) is 43.3 Å².